The molecule has 2 fully saturated rings. The Bertz CT molecular complexity index is 576. The molecule has 4 heteroatoms. The summed E-state index contributed by atoms with van der Waals surface area (Å²) in [6, 6.07) is 8.84. The van der Waals surface area contributed by atoms with E-state index in [-0.39, 0.29) is 0 Å². The van der Waals surface area contributed by atoms with Crippen LogP contribution in [0.1, 0.15) is 48.8 Å². The van der Waals surface area contributed by atoms with E-state index < -0.39 is 0 Å². The predicted molar refractivity (Wildman–Crippen MR) is 106 cm³/mol. The molecule has 2 aliphatic rings. The number of benzene rings is 1. The number of nitrogens with zero attached hydrogens (tertiary/aromatic N) is 2. The molecule has 1 aromatic carbocycles. The molecule has 4 nitrogen and oxygen atoms in total. The molecular weight excluding hydrogens is 308 g/mol. The van der Waals surface area contributed by atoms with E-state index in [1.54, 1.807) is 0 Å². The van der Waals surface area contributed by atoms with Gasteiger partial charge in [-0.15, -0.1) is 0 Å². The lowest BCUT2D eigenvalue weighted by Crippen LogP contribution is -2.56. The van der Waals surface area contributed by atoms with Crippen LogP contribution < -0.4 is 10.6 Å². The predicted octanol–water partition coefficient (Wildman–Crippen LogP) is 3.03. The lowest BCUT2D eigenvalue weighted by atomic mass is 9.82. The van der Waals surface area contributed by atoms with Crippen LogP contribution >= 0.6 is 0 Å². The van der Waals surface area contributed by atoms with Crippen LogP contribution in [0.5, 0.6) is 0 Å². The van der Waals surface area contributed by atoms with Gasteiger partial charge in [-0.1, -0.05) is 35.7 Å². The first kappa shape index (κ1) is 18.2. The molecule has 25 heavy (non-hydrogen) atoms. The van der Waals surface area contributed by atoms with Crippen LogP contribution in [0, 0.1) is 13.8 Å². The first-order valence-corrected chi connectivity index (χ1v) is 9.81. The van der Waals surface area contributed by atoms with Crippen molar-refractivity contribution in [1.82, 2.24) is 15.5 Å². The van der Waals surface area contributed by atoms with E-state index in [0.717, 1.165) is 31.0 Å². The van der Waals surface area contributed by atoms with Crippen molar-refractivity contribution in [2.75, 3.05) is 20.6 Å². The molecule has 2 saturated heterocycles. The van der Waals surface area contributed by atoms with Crippen molar-refractivity contribution in [3.8, 4) is 0 Å². The van der Waals surface area contributed by atoms with E-state index in [1.807, 2.05) is 7.05 Å². The number of fused-ring (bicyclic) bond motifs is 2. The zero-order chi connectivity index (χ0) is 17.8. The summed E-state index contributed by atoms with van der Waals surface area (Å²) in [5.74, 6) is 0.956. The second-order valence-electron chi connectivity index (χ2n) is 7.96. The zero-order valence-electron chi connectivity index (χ0n) is 16.3. The highest BCUT2D eigenvalue weighted by molar-refractivity contribution is 5.80. The van der Waals surface area contributed by atoms with Crippen molar-refractivity contribution >= 4 is 5.96 Å². The topological polar surface area (TPSA) is 39.7 Å². The molecule has 1 aromatic rings. The fourth-order valence-electron chi connectivity index (χ4n) is 4.66. The molecular formula is C21H34N4. The first-order valence-electron chi connectivity index (χ1n) is 9.81. The van der Waals surface area contributed by atoms with Gasteiger partial charge in [-0.05, 0) is 58.6 Å². The highest BCUT2D eigenvalue weighted by Gasteiger charge is 2.36. The van der Waals surface area contributed by atoms with Crippen LogP contribution in [0.25, 0.3) is 0 Å². The third-order valence-corrected chi connectivity index (χ3v) is 5.89. The lowest BCUT2D eigenvalue weighted by Gasteiger charge is -2.47. The Morgan fingerprint density at radius 3 is 2.36 bits per heavy atom. The highest BCUT2D eigenvalue weighted by Crippen LogP contribution is 2.32. The van der Waals surface area contributed by atoms with Crippen molar-refractivity contribution in [2.45, 2.75) is 70.5 Å². The lowest BCUT2D eigenvalue weighted by molar-refractivity contribution is 0.0526. The molecule has 2 N–H and O–H groups in total. The van der Waals surface area contributed by atoms with Gasteiger partial charge in [0.2, 0.25) is 0 Å². The molecule has 2 heterocycles. The second-order valence-corrected chi connectivity index (χ2v) is 7.96. The molecule has 0 aliphatic carbocycles. The maximum Gasteiger partial charge on any atom is 0.191 e. The third-order valence-electron chi connectivity index (χ3n) is 5.89. The molecule has 2 unspecified atom stereocenters. The Hall–Kier alpha value is -1.55. The van der Waals surface area contributed by atoms with Gasteiger partial charge in [0.15, 0.2) is 5.96 Å². The first-order chi connectivity index (χ1) is 12.0. The summed E-state index contributed by atoms with van der Waals surface area (Å²) in [7, 11) is 4.18. The summed E-state index contributed by atoms with van der Waals surface area (Å²) in [4.78, 5) is 7.05. The number of piperidine rings is 2. The van der Waals surface area contributed by atoms with Crippen LogP contribution in [-0.4, -0.2) is 49.6 Å². The van der Waals surface area contributed by atoms with Crippen molar-refractivity contribution < 1.29 is 0 Å². The largest absolute Gasteiger partial charge is 0.356 e. The Balaban J connectivity index is 1.48. The van der Waals surface area contributed by atoms with Gasteiger partial charge in [0.1, 0.15) is 0 Å². The average Bonchev–Trinajstić information content (AvgIpc) is 2.54. The maximum absolute atomic E-state index is 4.44. The van der Waals surface area contributed by atoms with Crippen LogP contribution in [0.15, 0.2) is 23.2 Å². The van der Waals surface area contributed by atoms with Crippen molar-refractivity contribution in [2.24, 2.45) is 4.99 Å². The average molecular weight is 343 g/mol. The number of aliphatic imine (C=N–C) groups is 1. The van der Waals surface area contributed by atoms with Gasteiger partial charge in [0.05, 0.1) is 0 Å². The minimum atomic E-state index is 0.555. The molecule has 0 spiro atoms. The standard InChI is InChI=1S/C21H34N4/c1-15-10-16(2)12-17(11-15)8-9-23-21(22-3)24-18-13-19-6-5-7-20(14-18)25(19)4/h10-12,18-20H,5-9,13-14H2,1-4H3,(H2,22,23,24). The summed E-state index contributed by atoms with van der Waals surface area (Å²) < 4.78 is 0. The van der Waals surface area contributed by atoms with E-state index in [0.29, 0.717) is 6.04 Å². The normalized spacial score (nSPS) is 27.2. The van der Waals surface area contributed by atoms with E-state index >= 15 is 0 Å². The van der Waals surface area contributed by atoms with Gasteiger partial charge >= 0.3 is 0 Å². The van der Waals surface area contributed by atoms with Crippen LogP contribution in [0.3, 0.4) is 0 Å². The van der Waals surface area contributed by atoms with Crippen molar-refractivity contribution in [3.63, 3.8) is 0 Å². The van der Waals surface area contributed by atoms with E-state index in [2.05, 4.69) is 59.6 Å². The minimum Gasteiger partial charge on any atom is -0.356 e. The van der Waals surface area contributed by atoms with Gasteiger partial charge < -0.3 is 15.5 Å². The van der Waals surface area contributed by atoms with Crippen molar-refractivity contribution in [3.05, 3.63) is 34.9 Å². The number of hydrogen-bond acceptors (Lipinski definition) is 2. The number of aryl methyl sites for hydroxylation is 2. The summed E-state index contributed by atoms with van der Waals surface area (Å²) in [6.45, 7) is 5.25. The second kappa shape index (κ2) is 8.22. The fraction of sp³-hybridized carbons (Fsp3) is 0.667. The Kier molecular flexibility index (Phi) is 6.00. The van der Waals surface area contributed by atoms with Gasteiger partial charge in [-0.3, -0.25) is 4.99 Å². The smallest absolute Gasteiger partial charge is 0.191 e. The summed E-state index contributed by atoms with van der Waals surface area (Å²) >= 11 is 0. The monoisotopic (exact) mass is 342 g/mol. The number of nitrogens with one attached hydrogen (secondary N) is 2. The molecule has 0 saturated carbocycles. The van der Waals surface area contributed by atoms with Gasteiger partial charge in [0, 0.05) is 31.7 Å². The van der Waals surface area contributed by atoms with Crippen LogP contribution in [0.2, 0.25) is 0 Å². The SMILES string of the molecule is CN=C(NCCc1cc(C)cc(C)c1)NC1CC2CCCC(C1)N2C. The zero-order valence-corrected chi connectivity index (χ0v) is 16.3. The minimum absolute atomic E-state index is 0.555. The molecule has 0 radical (unpaired) electrons. The number of hydrogen-bond donors (Lipinski definition) is 2. The van der Waals surface area contributed by atoms with Crippen LogP contribution in [-0.2, 0) is 6.42 Å². The molecule has 0 aromatic heterocycles. The number of rotatable bonds is 4. The van der Waals surface area contributed by atoms with E-state index in [9.17, 15) is 0 Å². The summed E-state index contributed by atoms with van der Waals surface area (Å²) in [6.07, 6.45) is 7.61. The molecule has 2 bridgehead atoms. The Morgan fingerprint density at radius 1 is 1.12 bits per heavy atom. The Morgan fingerprint density at radius 2 is 1.76 bits per heavy atom. The Labute approximate surface area is 153 Å². The number of guanidine groups is 1. The molecule has 0 amide bonds. The highest BCUT2D eigenvalue weighted by atomic mass is 15.2. The summed E-state index contributed by atoms with van der Waals surface area (Å²) in [5, 5.41) is 7.18. The fourth-order valence-corrected chi connectivity index (χ4v) is 4.66. The van der Waals surface area contributed by atoms with Crippen molar-refractivity contribution in [1.29, 1.82) is 0 Å². The van der Waals surface area contributed by atoms with Gasteiger partial charge in [-0.25, -0.2) is 0 Å². The molecule has 138 valence electrons. The van der Waals surface area contributed by atoms with Gasteiger partial charge in [-0.2, -0.15) is 0 Å². The molecule has 2 aliphatic heterocycles. The maximum atomic E-state index is 4.44. The molecule has 2 atom stereocenters. The van der Waals surface area contributed by atoms with E-state index in [1.165, 1.54) is 48.8 Å². The van der Waals surface area contributed by atoms with E-state index in [4.69, 9.17) is 0 Å². The quantitative estimate of drug-likeness (QED) is 0.653. The summed E-state index contributed by atoms with van der Waals surface area (Å²) in [5.41, 5.74) is 4.08. The van der Waals surface area contributed by atoms with Gasteiger partial charge in [0.25, 0.3) is 0 Å². The van der Waals surface area contributed by atoms with Crippen LogP contribution in [0.4, 0.5) is 0 Å². The molecule has 3 rings (SSSR count). The third kappa shape index (κ3) is 4.75.